The standard InChI is InChI=1S/C23H22BrFN4O/c24-19-7-6-17(12-20(19)25)14-28-10-11-29-21-8-9-27(13-16-4-2-1-3-5-16)15-18(21)22(30)26-23(28)29/h1-7,12H,8-11,13-15H2. The number of benzene rings is 2. The summed E-state index contributed by atoms with van der Waals surface area (Å²) >= 11 is 3.19. The summed E-state index contributed by atoms with van der Waals surface area (Å²) in [4.78, 5) is 21.7. The number of hydrogen-bond donors (Lipinski definition) is 0. The van der Waals surface area contributed by atoms with E-state index in [-0.39, 0.29) is 11.4 Å². The zero-order chi connectivity index (χ0) is 20.7. The van der Waals surface area contributed by atoms with Crippen molar-refractivity contribution in [2.45, 2.75) is 32.6 Å². The van der Waals surface area contributed by atoms with Crippen LogP contribution in [0, 0.1) is 5.82 Å². The number of aromatic nitrogens is 2. The molecule has 3 heterocycles. The molecule has 0 fully saturated rings. The Morgan fingerprint density at radius 2 is 1.83 bits per heavy atom. The molecule has 0 bridgehead atoms. The highest BCUT2D eigenvalue weighted by atomic mass is 79.9. The molecule has 0 unspecified atom stereocenters. The first kappa shape index (κ1) is 19.5. The van der Waals surface area contributed by atoms with Crippen molar-refractivity contribution in [3.8, 4) is 0 Å². The van der Waals surface area contributed by atoms with Crippen molar-refractivity contribution in [2.24, 2.45) is 0 Å². The summed E-state index contributed by atoms with van der Waals surface area (Å²) in [5.41, 5.74) is 3.91. The zero-order valence-corrected chi connectivity index (χ0v) is 18.1. The van der Waals surface area contributed by atoms with E-state index < -0.39 is 0 Å². The van der Waals surface area contributed by atoms with Gasteiger partial charge < -0.3 is 9.47 Å². The van der Waals surface area contributed by atoms with E-state index in [4.69, 9.17) is 0 Å². The van der Waals surface area contributed by atoms with E-state index in [1.165, 1.54) is 11.6 Å². The van der Waals surface area contributed by atoms with Gasteiger partial charge in [0, 0.05) is 51.4 Å². The number of fused-ring (bicyclic) bond motifs is 3. The number of nitrogens with zero attached hydrogens (tertiary/aromatic N) is 4. The van der Waals surface area contributed by atoms with Crippen LogP contribution in [0.5, 0.6) is 0 Å². The lowest BCUT2D eigenvalue weighted by Gasteiger charge is -2.30. The Morgan fingerprint density at radius 3 is 2.63 bits per heavy atom. The van der Waals surface area contributed by atoms with Crippen LogP contribution < -0.4 is 10.5 Å². The molecule has 0 saturated heterocycles. The van der Waals surface area contributed by atoms with Crippen LogP contribution >= 0.6 is 15.9 Å². The molecule has 0 atom stereocenters. The van der Waals surface area contributed by atoms with E-state index in [1.807, 2.05) is 24.3 Å². The monoisotopic (exact) mass is 468 g/mol. The maximum absolute atomic E-state index is 13.9. The second kappa shape index (κ2) is 7.96. The molecule has 1 aromatic heterocycles. The van der Waals surface area contributed by atoms with Crippen LogP contribution in [0.1, 0.15) is 22.4 Å². The van der Waals surface area contributed by atoms with Crippen molar-refractivity contribution in [1.29, 1.82) is 0 Å². The second-order valence-corrected chi connectivity index (χ2v) is 8.76. The van der Waals surface area contributed by atoms with Gasteiger partial charge in [-0.15, -0.1) is 0 Å². The summed E-state index contributed by atoms with van der Waals surface area (Å²) in [5.74, 6) is 0.430. The van der Waals surface area contributed by atoms with Gasteiger partial charge in [0.05, 0.1) is 10.0 Å². The Labute approximate surface area is 182 Å². The third kappa shape index (κ3) is 3.68. The van der Waals surface area contributed by atoms with Crippen LogP contribution in [0.25, 0.3) is 0 Å². The molecule has 5 rings (SSSR count). The third-order valence-corrected chi connectivity index (χ3v) is 6.55. The van der Waals surface area contributed by atoms with Crippen molar-refractivity contribution >= 4 is 21.9 Å². The maximum Gasteiger partial charge on any atom is 0.279 e. The van der Waals surface area contributed by atoms with E-state index >= 15 is 0 Å². The minimum atomic E-state index is -0.277. The van der Waals surface area contributed by atoms with Crippen LogP contribution in [0.4, 0.5) is 10.3 Å². The highest BCUT2D eigenvalue weighted by Crippen LogP contribution is 2.27. The highest BCUT2D eigenvalue weighted by Gasteiger charge is 2.29. The zero-order valence-electron chi connectivity index (χ0n) is 16.5. The van der Waals surface area contributed by atoms with Crippen molar-refractivity contribution < 1.29 is 4.39 Å². The van der Waals surface area contributed by atoms with Crippen molar-refractivity contribution in [3.05, 3.63) is 91.6 Å². The van der Waals surface area contributed by atoms with Crippen LogP contribution in [0.3, 0.4) is 0 Å². The Hall–Kier alpha value is -2.51. The molecule has 2 aliphatic heterocycles. The number of halogens is 2. The Bertz CT molecular complexity index is 1150. The van der Waals surface area contributed by atoms with Gasteiger partial charge in [-0.25, -0.2) is 4.39 Å². The van der Waals surface area contributed by atoms with E-state index in [0.717, 1.165) is 49.4 Å². The lowest BCUT2D eigenvalue weighted by Crippen LogP contribution is -2.37. The summed E-state index contributed by atoms with van der Waals surface area (Å²) in [7, 11) is 0. The van der Waals surface area contributed by atoms with Crippen molar-refractivity contribution in [3.63, 3.8) is 0 Å². The third-order valence-electron chi connectivity index (χ3n) is 5.90. The predicted molar refractivity (Wildman–Crippen MR) is 118 cm³/mol. The van der Waals surface area contributed by atoms with Crippen LogP contribution in [0.15, 0.2) is 57.8 Å². The molecule has 3 aromatic rings. The highest BCUT2D eigenvalue weighted by molar-refractivity contribution is 9.10. The number of hydrogen-bond acceptors (Lipinski definition) is 4. The smallest absolute Gasteiger partial charge is 0.279 e. The van der Waals surface area contributed by atoms with Gasteiger partial charge in [0.2, 0.25) is 5.95 Å². The molecule has 5 nitrogen and oxygen atoms in total. The largest absolute Gasteiger partial charge is 0.336 e. The van der Waals surface area contributed by atoms with E-state index in [1.54, 1.807) is 6.07 Å². The first-order chi connectivity index (χ1) is 14.6. The molecule has 0 N–H and O–H groups in total. The minimum Gasteiger partial charge on any atom is -0.336 e. The fourth-order valence-corrected chi connectivity index (χ4v) is 4.67. The summed E-state index contributed by atoms with van der Waals surface area (Å²) in [5, 5.41) is 0. The molecular formula is C23H22BrFN4O. The fraction of sp³-hybridized carbons (Fsp3) is 0.304. The molecule has 0 saturated carbocycles. The molecule has 0 spiro atoms. The first-order valence-corrected chi connectivity index (χ1v) is 11.0. The lowest BCUT2D eigenvalue weighted by atomic mass is 10.1. The first-order valence-electron chi connectivity index (χ1n) is 10.2. The molecule has 0 amide bonds. The van der Waals surface area contributed by atoms with Crippen LogP contribution in [0.2, 0.25) is 0 Å². The quantitative estimate of drug-likeness (QED) is 0.584. The van der Waals surface area contributed by atoms with E-state index in [9.17, 15) is 9.18 Å². The average Bonchev–Trinajstić information content (AvgIpc) is 3.14. The van der Waals surface area contributed by atoms with Crippen molar-refractivity contribution in [2.75, 3.05) is 18.0 Å². The average molecular weight is 469 g/mol. The Morgan fingerprint density at radius 1 is 1.00 bits per heavy atom. The van der Waals surface area contributed by atoms with Crippen LogP contribution in [-0.4, -0.2) is 27.5 Å². The normalized spacial score (nSPS) is 15.9. The molecule has 0 aliphatic carbocycles. The van der Waals surface area contributed by atoms with Crippen LogP contribution in [-0.2, 0) is 32.6 Å². The van der Waals surface area contributed by atoms with E-state index in [0.29, 0.717) is 23.5 Å². The summed E-state index contributed by atoms with van der Waals surface area (Å²) in [6.07, 6.45) is 0.841. The van der Waals surface area contributed by atoms with Gasteiger partial charge in [-0.1, -0.05) is 36.4 Å². The van der Waals surface area contributed by atoms with Gasteiger partial charge in [0.1, 0.15) is 5.82 Å². The molecule has 30 heavy (non-hydrogen) atoms. The Balaban J connectivity index is 1.39. The van der Waals surface area contributed by atoms with Gasteiger partial charge in [-0.2, -0.15) is 4.98 Å². The SMILES string of the molecule is O=c1nc2n(c3c1CN(Cc1ccccc1)CC3)CCN2Cc1ccc(Br)c(F)c1. The molecule has 154 valence electrons. The molecule has 7 heteroatoms. The molecule has 0 radical (unpaired) electrons. The fourth-order valence-electron chi connectivity index (χ4n) is 4.42. The van der Waals surface area contributed by atoms with Gasteiger partial charge in [0.25, 0.3) is 5.56 Å². The number of rotatable bonds is 4. The summed E-state index contributed by atoms with van der Waals surface area (Å²) in [6, 6.07) is 15.5. The minimum absolute atomic E-state index is 0.136. The summed E-state index contributed by atoms with van der Waals surface area (Å²) < 4.78 is 16.5. The predicted octanol–water partition coefficient (Wildman–Crippen LogP) is 3.72. The topological polar surface area (TPSA) is 41.4 Å². The van der Waals surface area contributed by atoms with E-state index in [2.05, 4.69) is 47.4 Å². The molecular weight excluding hydrogens is 447 g/mol. The molecule has 2 aromatic carbocycles. The molecule has 2 aliphatic rings. The second-order valence-electron chi connectivity index (χ2n) is 7.91. The van der Waals surface area contributed by atoms with Gasteiger partial charge in [-0.3, -0.25) is 9.69 Å². The summed E-state index contributed by atoms with van der Waals surface area (Å²) in [6.45, 7) is 4.51. The van der Waals surface area contributed by atoms with Gasteiger partial charge in [0.15, 0.2) is 0 Å². The van der Waals surface area contributed by atoms with Gasteiger partial charge in [-0.05, 0) is 39.2 Å². The lowest BCUT2D eigenvalue weighted by molar-refractivity contribution is 0.239. The van der Waals surface area contributed by atoms with Gasteiger partial charge >= 0.3 is 0 Å². The van der Waals surface area contributed by atoms with Crippen molar-refractivity contribution in [1.82, 2.24) is 14.5 Å². The Kier molecular flexibility index (Phi) is 5.16. The maximum atomic E-state index is 13.9. The number of anilines is 1.